The Balaban J connectivity index is 1.63. The molecule has 0 aromatic heterocycles. The number of hydrogen-bond acceptors (Lipinski definition) is 2. The zero-order chi connectivity index (χ0) is 14.1. The second-order valence-corrected chi connectivity index (χ2v) is 7.16. The fourth-order valence-electron chi connectivity index (χ4n) is 4.28. The summed E-state index contributed by atoms with van der Waals surface area (Å²) >= 11 is 0. The molecule has 0 N–H and O–H groups in total. The maximum absolute atomic E-state index is 12.9. The average molecular weight is 276 g/mol. The van der Waals surface area contributed by atoms with Crippen LogP contribution >= 0.6 is 0 Å². The summed E-state index contributed by atoms with van der Waals surface area (Å²) in [5, 5.41) is 0. The van der Waals surface area contributed by atoms with Crippen LogP contribution in [0.1, 0.15) is 38.5 Å². The minimum Gasteiger partial charge on any atom is -0.339 e. The van der Waals surface area contributed by atoms with E-state index in [1.165, 1.54) is 25.7 Å². The first-order valence-corrected chi connectivity index (χ1v) is 8.28. The van der Waals surface area contributed by atoms with Gasteiger partial charge >= 0.3 is 0 Å². The van der Waals surface area contributed by atoms with Crippen molar-refractivity contribution < 1.29 is 4.79 Å². The van der Waals surface area contributed by atoms with Crippen molar-refractivity contribution >= 4 is 5.91 Å². The molecule has 2 aliphatic carbocycles. The molecule has 4 atom stereocenters. The molecular formula is C17H28N2O. The molecule has 1 heterocycles. The molecule has 2 fully saturated rings. The van der Waals surface area contributed by atoms with Crippen LogP contribution in [0, 0.1) is 17.8 Å². The van der Waals surface area contributed by atoms with Crippen molar-refractivity contribution in [3.63, 3.8) is 0 Å². The third-order valence-electron chi connectivity index (χ3n) is 5.42. The molecule has 20 heavy (non-hydrogen) atoms. The molecular weight excluding hydrogens is 248 g/mol. The Morgan fingerprint density at radius 2 is 2.10 bits per heavy atom. The summed E-state index contributed by atoms with van der Waals surface area (Å²) in [6, 6.07) is 0.488. The summed E-state index contributed by atoms with van der Waals surface area (Å²) in [6.45, 7) is 2.08. The third-order valence-corrected chi connectivity index (χ3v) is 5.42. The van der Waals surface area contributed by atoms with E-state index in [0.717, 1.165) is 25.9 Å². The van der Waals surface area contributed by atoms with E-state index in [1.807, 2.05) is 0 Å². The number of amides is 1. The van der Waals surface area contributed by atoms with Gasteiger partial charge < -0.3 is 9.80 Å². The van der Waals surface area contributed by atoms with Gasteiger partial charge in [0.25, 0.3) is 0 Å². The lowest BCUT2D eigenvalue weighted by molar-refractivity contribution is -0.140. The van der Waals surface area contributed by atoms with Crippen LogP contribution in [0.25, 0.3) is 0 Å². The first-order valence-electron chi connectivity index (χ1n) is 8.28. The minimum atomic E-state index is 0.296. The molecule has 1 saturated carbocycles. The molecule has 2 bridgehead atoms. The van der Waals surface area contributed by atoms with Gasteiger partial charge in [-0.1, -0.05) is 12.2 Å². The van der Waals surface area contributed by atoms with Gasteiger partial charge in [0.2, 0.25) is 5.91 Å². The molecule has 1 amide bonds. The highest BCUT2D eigenvalue weighted by molar-refractivity contribution is 5.80. The summed E-state index contributed by atoms with van der Waals surface area (Å²) in [7, 11) is 4.24. The molecule has 0 unspecified atom stereocenters. The SMILES string of the molecule is CN(C)CC[C@@H]1CCCCN1C(=O)[C@@H]1C[C@@H]2C=C[C@H]1C2. The summed E-state index contributed by atoms with van der Waals surface area (Å²) in [5.74, 6) is 2.00. The largest absolute Gasteiger partial charge is 0.339 e. The van der Waals surface area contributed by atoms with Crippen molar-refractivity contribution in [1.29, 1.82) is 0 Å². The van der Waals surface area contributed by atoms with Crippen LogP contribution in [0.3, 0.4) is 0 Å². The van der Waals surface area contributed by atoms with E-state index in [2.05, 4.69) is 36.0 Å². The fraction of sp³-hybridized carbons (Fsp3) is 0.824. The first-order chi connectivity index (χ1) is 9.65. The topological polar surface area (TPSA) is 23.6 Å². The van der Waals surface area contributed by atoms with Crippen LogP contribution in [0.15, 0.2) is 12.2 Å². The van der Waals surface area contributed by atoms with Crippen LogP contribution in [0.2, 0.25) is 0 Å². The van der Waals surface area contributed by atoms with Crippen LogP contribution < -0.4 is 0 Å². The standard InChI is InChI=1S/C17H28N2O/c1-18(2)10-8-15-5-3-4-9-19(15)17(20)16-12-13-6-7-14(16)11-13/h6-7,13-16H,3-5,8-12H2,1-2H3/t13-,14+,15+,16-/m1/s1. The van der Waals surface area contributed by atoms with Crippen molar-refractivity contribution in [3.05, 3.63) is 12.2 Å². The predicted octanol–water partition coefficient (Wildman–Crippen LogP) is 2.53. The van der Waals surface area contributed by atoms with E-state index in [1.54, 1.807) is 0 Å². The highest BCUT2D eigenvalue weighted by atomic mass is 16.2. The molecule has 3 aliphatic rings. The predicted molar refractivity (Wildman–Crippen MR) is 81.4 cm³/mol. The van der Waals surface area contributed by atoms with Gasteiger partial charge in [0.05, 0.1) is 0 Å². The fourth-order valence-corrected chi connectivity index (χ4v) is 4.28. The lowest BCUT2D eigenvalue weighted by Crippen LogP contribution is -2.48. The van der Waals surface area contributed by atoms with E-state index in [9.17, 15) is 4.79 Å². The van der Waals surface area contributed by atoms with Crippen LogP contribution in [-0.2, 0) is 4.79 Å². The smallest absolute Gasteiger partial charge is 0.226 e. The summed E-state index contributed by atoms with van der Waals surface area (Å²) in [6.07, 6.45) is 11.8. The highest BCUT2D eigenvalue weighted by Gasteiger charge is 2.42. The van der Waals surface area contributed by atoms with Gasteiger partial charge in [0.15, 0.2) is 0 Å². The molecule has 0 aromatic rings. The van der Waals surface area contributed by atoms with E-state index < -0.39 is 0 Å². The number of hydrogen-bond donors (Lipinski definition) is 0. The zero-order valence-corrected chi connectivity index (χ0v) is 12.9. The van der Waals surface area contributed by atoms with Gasteiger partial charge in [0.1, 0.15) is 0 Å². The number of fused-ring (bicyclic) bond motifs is 2. The Bertz CT molecular complexity index is 390. The normalized spacial score (nSPS) is 36.0. The van der Waals surface area contributed by atoms with E-state index in [4.69, 9.17) is 0 Å². The molecule has 3 nitrogen and oxygen atoms in total. The van der Waals surface area contributed by atoms with E-state index in [0.29, 0.717) is 29.7 Å². The average Bonchev–Trinajstić information content (AvgIpc) is 3.07. The van der Waals surface area contributed by atoms with E-state index >= 15 is 0 Å². The molecule has 3 rings (SSSR count). The number of allylic oxidation sites excluding steroid dienone is 2. The summed E-state index contributed by atoms with van der Waals surface area (Å²) in [4.78, 5) is 17.4. The lowest BCUT2D eigenvalue weighted by Gasteiger charge is -2.39. The highest BCUT2D eigenvalue weighted by Crippen LogP contribution is 2.44. The number of rotatable bonds is 4. The number of likely N-dealkylation sites (tertiary alicyclic amines) is 1. The zero-order valence-electron chi connectivity index (χ0n) is 12.9. The molecule has 1 aliphatic heterocycles. The Hall–Kier alpha value is -0.830. The maximum atomic E-state index is 12.9. The van der Waals surface area contributed by atoms with Gasteiger partial charge in [-0.25, -0.2) is 0 Å². The van der Waals surface area contributed by atoms with Crippen molar-refractivity contribution in [2.24, 2.45) is 17.8 Å². The number of carbonyl (C=O) groups is 1. The second-order valence-electron chi connectivity index (χ2n) is 7.16. The van der Waals surface area contributed by atoms with Crippen molar-refractivity contribution in [2.75, 3.05) is 27.2 Å². The Kier molecular flexibility index (Phi) is 4.16. The van der Waals surface area contributed by atoms with Gasteiger partial charge in [-0.3, -0.25) is 4.79 Å². The quantitative estimate of drug-likeness (QED) is 0.737. The Morgan fingerprint density at radius 3 is 2.75 bits per heavy atom. The first kappa shape index (κ1) is 14.1. The second kappa shape index (κ2) is 5.88. The third kappa shape index (κ3) is 2.78. The van der Waals surface area contributed by atoms with Gasteiger partial charge in [-0.15, -0.1) is 0 Å². The van der Waals surface area contributed by atoms with Crippen molar-refractivity contribution in [3.8, 4) is 0 Å². The molecule has 1 saturated heterocycles. The van der Waals surface area contributed by atoms with Crippen LogP contribution in [-0.4, -0.2) is 48.9 Å². The van der Waals surface area contributed by atoms with Crippen LogP contribution in [0.4, 0.5) is 0 Å². The number of piperidine rings is 1. The van der Waals surface area contributed by atoms with Crippen LogP contribution in [0.5, 0.6) is 0 Å². The monoisotopic (exact) mass is 276 g/mol. The summed E-state index contributed by atoms with van der Waals surface area (Å²) < 4.78 is 0. The molecule has 112 valence electrons. The van der Waals surface area contributed by atoms with Gasteiger partial charge in [-0.05, 0) is 71.0 Å². The maximum Gasteiger partial charge on any atom is 0.226 e. The van der Waals surface area contributed by atoms with Crippen molar-refractivity contribution in [1.82, 2.24) is 9.80 Å². The minimum absolute atomic E-state index is 0.296. The Labute approximate surface area is 123 Å². The molecule has 0 spiro atoms. The van der Waals surface area contributed by atoms with Gasteiger partial charge in [0, 0.05) is 18.5 Å². The molecule has 0 aromatic carbocycles. The van der Waals surface area contributed by atoms with Gasteiger partial charge in [-0.2, -0.15) is 0 Å². The Morgan fingerprint density at radius 1 is 1.25 bits per heavy atom. The lowest BCUT2D eigenvalue weighted by atomic mass is 9.89. The molecule has 3 heteroatoms. The number of carbonyl (C=O) groups excluding carboxylic acids is 1. The molecule has 0 radical (unpaired) electrons. The number of nitrogens with zero attached hydrogens (tertiary/aromatic N) is 2. The summed E-state index contributed by atoms with van der Waals surface area (Å²) in [5.41, 5.74) is 0. The van der Waals surface area contributed by atoms with E-state index in [-0.39, 0.29) is 0 Å². The van der Waals surface area contributed by atoms with Crippen molar-refractivity contribution in [2.45, 2.75) is 44.6 Å².